The molecule has 0 fully saturated rings. The lowest BCUT2D eigenvalue weighted by Crippen LogP contribution is -2.53. The van der Waals surface area contributed by atoms with Crippen LogP contribution >= 0.6 is 0 Å². The first kappa shape index (κ1) is 55.5. The molecule has 0 radical (unpaired) electrons. The normalized spacial score (nSPS) is 14.3. The molecule has 0 aliphatic heterocycles. The largest absolute Gasteiger partial charge is 0.394 e. The van der Waals surface area contributed by atoms with E-state index in [1.54, 1.807) is 0 Å². The summed E-state index contributed by atoms with van der Waals surface area (Å²) in [6.07, 6.45) is 54.9. The van der Waals surface area contributed by atoms with E-state index in [-0.39, 0.29) is 0 Å². The molecule has 0 spiro atoms. The monoisotopic (exact) mass is 804 g/mol. The Morgan fingerprint density at radius 2 is 0.772 bits per heavy atom. The second-order valence-corrected chi connectivity index (χ2v) is 17.2. The Labute approximate surface area is 354 Å². The highest BCUT2D eigenvalue weighted by Crippen LogP contribution is 2.17. The van der Waals surface area contributed by atoms with Gasteiger partial charge in [-0.2, -0.15) is 0 Å². The topological polar surface area (TPSA) is 110 Å². The van der Waals surface area contributed by atoms with Gasteiger partial charge in [0.2, 0.25) is 5.91 Å². The van der Waals surface area contributed by atoms with E-state index < -0.39 is 36.9 Å². The smallest absolute Gasteiger partial charge is 0.249 e. The molecule has 0 aliphatic rings. The highest BCUT2D eigenvalue weighted by Gasteiger charge is 2.28. The van der Waals surface area contributed by atoms with Crippen molar-refractivity contribution in [2.45, 2.75) is 276 Å². The van der Waals surface area contributed by atoms with Crippen molar-refractivity contribution < 1.29 is 25.2 Å². The number of amides is 1. The molecule has 0 saturated carbocycles. The second-order valence-electron chi connectivity index (χ2n) is 17.2. The predicted octanol–water partition coefficient (Wildman–Crippen LogP) is 13.7. The number of carbonyl (C=O) groups excluding carboxylic acids is 1. The van der Waals surface area contributed by atoms with E-state index in [1.807, 2.05) is 0 Å². The van der Waals surface area contributed by atoms with Crippen molar-refractivity contribution in [2.24, 2.45) is 0 Å². The highest BCUT2D eigenvalue weighted by atomic mass is 16.3. The molecule has 0 rings (SSSR count). The zero-order chi connectivity index (χ0) is 41.7. The van der Waals surface area contributed by atoms with Crippen LogP contribution < -0.4 is 5.32 Å². The third-order valence-electron chi connectivity index (χ3n) is 11.6. The zero-order valence-corrected chi connectivity index (χ0v) is 37.8. The first-order valence-corrected chi connectivity index (χ1v) is 24.9. The van der Waals surface area contributed by atoms with Crippen molar-refractivity contribution >= 4 is 5.91 Å². The minimum atomic E-state index is -1.29. The Morgan fingerprint density at radius 1 is 0.439 bits per heavy atom. The van der Waals surface area contributed by atoms with Crippen LogP contribution in [0.1, 0.15) is 251 Å². The number of hydrogen-bond donors (Lipinski definition) is 5. The molecule has 6 nitrogen and oxygen atoms in total. The second kappa shape index (κ2) is 45.6. The summed E-state index contributed by atoms with van der Waals surface area (Å²) in [7, 11) is 0. The first-order valence-electron chi connectivity index (χ1n) is 24.9. The zero-order valence-electron chi connectivity index (χ0n) is 37.8. The van der Waals surface area contributed by atoms with Crippen molar-refractivity contribution in [1.82, 2.24) is 5.32 Å². The third kappa shape index (κ3) is 39.7. The molecule has 0 aromatic heterocycles. The molecule has 0 bridgehead atoms. The van der Waals surface area contributed by atoms with Crippen LogP contribution in [0.2, 0.25) is 0 Å². The fourth-order valence-corrected chi connectivity index (χ4v) is 7.63. The van der Waals surface area contributed by atoms with Crippen LogP contribution in [0.4, 0.5) is 0 Å². The lowest BCUT2D eigenvalue weighted by atomic mass is 10.00. The average Bonchev–Trinajstić information content (AvgIpc) is 3.22. The van der Waals surface area contributed by atoms with Crippen LogP contribution in [-0.4, -0.2) is 57.3 Å². The van der Waals surface area contributed by atoms with E-state index in [2.05, 4.69) is 55.6 Å². The molecule has 0 aliphatic carbocycles. The molecule has 57 heavy (non-hydrogen) atoms. The Bertz CT molecular complexity index is 904. The molecule has 336 valence electrons. The van der Waals surface area contributed by atoms with Crippen LogP contribution in [0.3, 0.4) is 0 Å². The van der Waals surface area contributed by atoms with Gasteiger partial charge in [0.1, 0.15) is 12.2 Å². The summed E-state index contributed by atoms with van der Waals surface area (Å²) in [4.78, 5) is 12.5. The molecule has 1 amide bonds. The lowest BCUT2D eigenvalue weighted by Gasteiger charge is -2.27. The first-order chi connectivity index (χ1) is 28.0. The maximum atomic E-state index is 12.5. The number of hydrogen-bond acceptors (Lipinski definition) is 5. The number of carbonyl (C=O) groups is 1. The summed E-state index contributed by atoms with van der Waals surface area (Å²) < 4.78 is 0. The molecule has 0 aromatic carbocycles. The summed E-state index contributed by atoms with van der Waals surface area (Å²) in [5.74, 6) is -0.605. The van der Waals surface area contributed by atoms with E-state index in [4.69, 9.17) is 0 Å². The van der Waals surface area contributed by atoms with E-state index in [0.717, 1.165) is 64.2 Å². The molecule has 6 heteroatoms. The van der Waals surface area contributed by atoms with Crippen LogP contribution in [0.5, 0.6) is 0 Å². The van der Waals surface area contributed by atoms with Crippen molar-refractivity contribution in [3.05, 3.63) is 36.5 Å². The highest BCUT2D eigenvalue weighted by molar-refractivity contribution is 5.80. The van der Waals surface area contributed by atoms with Crippen molar-refractivity contribution in [1.29, 1.82) is 0 Å². The molecular weight excluding hydrogens is 707 g/mol. The van der Waals surface area contributed by atoms with Crippen LogP contribution in [0.15, 0.2) is 36.5 Å². The van der Waals surface area contributed by atoms with Gasteiger partial charge in [0.25, 0.3) is 0 Å². The summed E-state index contributed by atoms with van der Waals surface area (Å²) in [6, 6.07) is -1.01. The van der Waals surface area contributed by atoms with Gasteiger partial charge < -0.3 is 25.7 Å². The van der Waals surface area contributed by atoms with Crippen molar-refractivity contribution in [3.63, 3.8) is 0 Å². The quantitative estimate of drug-likeness (QED) is 0.0239. The average molecular weight is 804 g/mol. The van der Waals surface area contributed by atoms with Gasteiger partial charge in [-0.25, -0.2) is 0 Å². The molecule has 4 unspecified atom stereocenters. The number of rotatable bonds is 45. The summed E-state index contributed by atoms with van der Waals surface area (Å²) >= 11 is 0. The minimum absolute atomic E-state index is 0.345. The van der Waals surface area contributed by atoms with Crippen molar-refractivity contribution in [3.8, 4) is 0 Å². The maximum absolute atomic E-state index is 12.5. The molecule has 0 saturated heterocycles. The predicted molar refractivity (Wildman–Crippen MR) is 247 cm³/mol. The number of allylic oxidation sites excluding steroid dienone is 6. The van der Waals surface area contributed by atoms with Gasteiger partial charge in [0.05, 0.1) is 18.8 Å². The Balaban J connectivity index is 3.68. The molecular formula is C51H97NO5. The number of unbranched alkanes of at least 4 members (excludes halogenated alkanes) is 31. The van der Waals surface area contributed by atoms with Gasteiger partial charge in [-0.3, -0.25) is 4.79 Å². The van der Waals surface area contributed by atoms with E-state index >= 15 is 0 Å². The summed E-state index contributed by atoms with van der Waals surface area (Å²) in [5.41, 5.74) is 0. The Morgan fingerprint density at radius 3 is 1.19 bits per heavy atom. The molecule has 5 N–H and O–H groups in total. The van der Waals surface area contributed by atoms with Gasteiger partial charge in [-0.05, 0) is 64.2 Å². The van der Waals surface area contributed by atoms with Crippen molar-refractivity contribution in [2.75, 3.05) is 6.61 Å². The van der Waals surface area contributed by atoms with Crippen LogP contribution in [-0.2, 0) is 4.79 Å². The molecule has 0 aromatic rings. The minimum Gasteiger partial charge on any atom is -0.394 e. The lowest BCUT2D eigenvalue weighted by molar-refractivity contribution is -0.132. The van der Waals surface area contributed by atoms with Gasteiger partial charge in [-0.15, -0.1) is 0 Å². The summed E-state index contributed by atoms with van der Waals surface area (Å²) in [5, 5.41) is 43.7. The SMILES string of the molecule is CCCCC/C=C\C=C/CCCCCCCC(O)C(=O)NC(CO)C(O)C(O)CCC/C=C/CCCCCCCCCCCCCCCCCCCCCCCC. The number of aliphatic hydroxyl groups excluding tert-OH is 4. The fraction of sp³-hybridized carbons (Fsp3) is 0.863. The van der Waals surface area contributed by atoms with Crippen LogP contribution in [0.25, 0.3) is 0 Å². The van der Waals surface area contributed by atoms with E-state index in [0.29, 0.717) is 12.8 Å². The van der Waals surface area contributed by atoms with Gasteiger partial charge in [-0.1, -0.05) is 224 Å². The van der Waals surface area contributed by atoms with Gasteiger partial charge in [0, 0.05) is 0 Å². The number of nitrogens with one attached hydrogen (secondary N) is 1. The standard InChI is InChI=1S/C51H97NO5/c1-3-5-7-9-11-13-15-17-19-20-21-22-23-24-25-26-27-28-29-30-31-33-34-36-38-40-42-44-48(54)50(56)47(46-53)52-51(57)49(55)45-43-41-39-37-35-32-18-16-14-12-10-8-6-4-2/h12,14,16,18,36,38,47-50,53-56H,3-11,13,15,17,19-35,37,39-46H2,1-2H3,(H,52,57)/b14-12-,18-16-,38-36+. The molecule has 0 heterocycles. The Kier molecular flexibility index (Phi) is 44.4. The number of aliphatic hydroxyl groups is 4. The maximum Gasteiger partial charge on any atom is 0.249 e. The Hall–Kier alpha value is -1.47. The summed E-state index contributed by atoms with van der Waals surface area (Å²) in [6.45, 7) is 4.01. The van der Waals surface area contributed by atoms with E-state index in [1.165, 1.54) is 161 Å². The fourth-order valence-electron chi connectivity index (χ4n) is 7.63. The van der Waals surface area contributed by atoms with Gasteiger partial charge >= 0.3 is 0 Å². The van der Waals surface area contributed by atoms with E-state index in [9.17, 15) is 25.2 Å². The third-order valence-corrected chi connectivity index (χ3v) is 11.6. The van der Waals surface area contributed by atoms with Gasteiger partial charge in [0.15, 0.2) is 0 Å². The molecule has 4 atom stereocenters. The van der Waals surface area contributed by atoms with Crippen LogP contribution in [0, 0.1) is 0 Å².